The van der Waals surface area contributed by atoms with Crippen molar-refractivity contribution in [2.45, 2.75) is 77.7 Å². The van der Waals surface area contributed by atoms with Crippen LogP contribution < -0.4 is 20.7 Å². The summed E-state index contributed by atoms with van der Waals surface area (Å²) in [4.78, 5) is 56.5. The van der Waals surface area contributed by atoms with E-state index in [0.29, 0.717) is 6.42 Å². The number of methoxy groups -OCH3 is 1. The topological polar surface area (TPSA) is 129 Å². The van der Waals surface area contributed by atoms with E-state index in [2.05, 4.69) is 22.0 Å². The van der Waals surface area contributed by atoms with Crippen molar-refractivity contribution >= 4 is 23.6 Å². The Kier molecular flexibility index (Phi) is 11.6. The number of amides is 4. The first-order valence-corrected chi connectivity index (χ1v) is 15.8. The number of likely N-dealkylation sites (N-methyl/N-ethyl adjacent to an activating group) is 1. The zero-order valence-electron chi connectivity index (χ0n) is 27.7. The predicted molar refractivity (Wildman–Crippen MR) is 174 cm³/mol. The van der Waals surface area contributed by atoms with Crippen molar-refractivity contribution in [1.29, 1.82) is 0 Å². The summed E-state index contributed by atoms with van der Waals surface area (Å²) in [6.07, 6.45) is 5.53. The SMILES string of the molecule is CN[C@@H](C)C(=O)N[C@H](C(=O)NCC(=O)N1C=CN(C2CCc3ccc(OC)cc3C2)C(=O)[C@@H]1COCc1ccccc1)C(C)(C)C. The van der Waals surface area contributed by atoms with Gasteiger partial charge in [0.05, 0.1) is 32.9 Å². The monoisotopic (exact) mass is 633 g/mol. The fraction of sp³-hybridized carbons (Fsp3) is 0.486. The Morgan fingerprint density at radius 3 is 2.43 bits per heavy atom. The highest BCUT2D eigenvalue weighted by Gasteiger charge is 2.39. The summed E-state index contributed by atoms with van der Waals surface area (Å²) in [5.74, 6) is -0.747. The van der Waals surface area contributed by atoms with E-state index in [4.69, 9.17) is 9.47 Å². The fourth-order valence-electron chi connectivity index (χ4n) is 5.69. The predicted octanol–water partition coefficient (Wildman–Crippen LogP) is 2.53. The van der Waals surface area contributed by atoms with Crippen molar-refractivity contribution in [3.05, 3.63) is 77.6 Å². The number of ether oxygens (including phenoxy) is 2. The molecule has 0 radical (unpaired) electrons. The number of benzene rings is 2. The normalized spacial score (nSPS) is 19.2. The van der Waals surface area contributed by atoms with Crippen molar-refractivity contribution in [1.82, 2.24) is 25.8 Å². The number of fused-ring (bicyclic) bond motifs is 1. The Bertz CT molecular complexity index is 1420. The average molecular weight is 634 g/mol. The quantitative estimate of drug-likeness (QED) is 0.328. The van der Waals surface area contributed by atoms with Gasteiger partial charge in [-0.3, -0.25) is 19.2 Å². The van der Waals surface area contributed by atoms with Gasteiger partial charge < -0.3 is 35.2 Å². The summed E-state index contributed by atoms with van der Waals surface area (Å²) >= 11 is 0. The Hall–Kier alpha value is -4.22. The third kappa shape index (κ3) is 8.52. The molecule has 3 N–H and O–H groups in total. The van der Waals surface area contributed by atoms with Crippen LogP contribution in [-0.2, 0) is 43.4 Å². The molecule has 2 aromatic carbocycles. The maximum absolute atomic E-state index is 14.0. The summed E-state index contributed by atoms with van der Waals surface area (Å²) in [6, 6.07) is 13.3. The number of hydrogen-bond donors (Lipinski definition) is 3. The summed E-state index contributed by atoms with van der Waals surface area (Å²) in [5, 5.41) is 8.33. The Balaban J connectivity index is 1.49. The molecule has 11 nitrogen and oxygen atoms in total. The van der Waals surface area contributed by atoms with E-state index in [1.165, 1.54) is 10.5 Å². The Morgan fingerprint density at radius 2 is 1.76 bits per heavy atom. The number of hydrogen-bond acceptors (Lipinski definition) is 7. The highest BCUT2D eigenvalue weighted by atomic mass is 16.5. The molecule has 2 aromatic rings. The van der Waals surface area contributed by atoms with Crippen molar-refractivity contribution in [2.75, 3.05) is 27.3 Å². The second-order valence-electron chi connectivity index (χ2n) is 12.9. The number of aryl methyl sites for hydroxylation is 1. The van der Waals surface area contributed by atoms with Gasteiger partial charge in [0.1, 0.15) is 17.8 Å². The molecule has 0 spiro atoms. The van der Waals surface area contributed by atoms with Crippen LogP contribution in [0.1, 0.15) is 50.8 Å². The highest BCUT2D eigenvalue weighted by molar-refractivity contribution is 5.94. The molecule has 4 atom stereocenters. The van der Waals surface area contributed by atoms with Crippen LogP contribution in [0.25, 0.3) is 0 Å². The van der Waals surface area contributed by atoms with Gasteiger partial charge in [-0.2, -0.15) is 0 Å². The van der Waals surface area contributed by atoms with Crippen molar-refractivity contribution < 1.29 is 28.7 Å². The third-order valence-electron chi connectivity index (χ3n) is 8.60. The van der Waals surface area contributed by atoms with Gasteiger partial charge in [0.15, 0.2) is 0 Å². The molecule has 0 saturated heterocycles. The molecule has 0 fully saturated rings. The van der Waals surface area contributed by atoms with E-state index < -0.39 is 35.4 Å². The van der Waals surface area contributed by atoms with Crippen molar-refractivity contribution in [3.8, 4) is 5.75 Å². The highest BCUT2D eigenvalue weighted by Crippen LogP contribution is 2.30. The first-order valence-electron chi connectivity index (χ1n) is 15.8. The number of carbonyl (C=O) groups is 4. The minimum absolute atomic E-state index is 0.0199. The lowest BCUT2D eigenvalue weighted by Gasteiger charge is -2.40. The molecule has 4 rings (SSSR count). The number of nitrogens with zero attached hydrogens (tertiary/aromatic N) is 2. The van der Waals surface area contributed by atoms with Crippen LogP contribution in [-0.4, -0.2) is 84.9 Å². The molecule has 11 heteroatoms. The Labute approximate surface area is 271 Å². The fourth-order valence-corrected chi connectivity index (χ4v) is 5.69. The summed E-state index contributed by atoms with van der Waals surface area (Å²) in [7, 11) is 3.30. The van der Waals surface area contributed by atoms with Crippen LogP contribution in [0.2, 0.25) is 0 Å². The molecule has 1 aliphatic carbocycles. The lowest BCUT2D eigenvalue weighted by molar-refractivity contribution is -0.147. The van der Waals surface area contributed by atoms with Gasteiger partial charge in [0.25, 0.3) is 5.91 Å². The van der Waals surface area contributed by atoms with Gasteiger partial charge in [-0.25, -0.2) is 0 Å². The summed E-state index contributed by atoms with van der Waals surface area (Å²) in [5.41, 5.74) is 2.71. The maximum Gasteiger partial charge on any atom is 0.252 e. The molecule has 248 valence electrons. The van der Waals surface area contributed by atoms with Crippen molar-refractivity contribution in [3.63, 3.8) is 0 Å². The van der Waals surface area contributed by atoms with Gasteiger partial charge >= 0.3 is 0 Å². The molecule has 0 saturated carbocycles. The zero-order chi connectivity index (χ0) is 33.4. The van der Waals surface area contributed by atoms with Crippen LogP contribution in [0.5, 0.6) is 5.75 Å². The minimum atomic E-state index is -0.917. The summed E-state index contributed by atoms with van der Waals surface area (Å²) < 4.78 is 11.4. The zero-order valence-corrected chi connectivity index (χ0v) is 27.7. The first kappa shape index (κ1) is 34.6. The van der Waals surface area contributed by atoms with E-state index in [9.17, 15) is 19.2 Å². The van der Waals surface area contributed by atoms with Gasteiger partial charge in [-0.1, -0.05) is 57.2 Å². The summed E-state index contributed by atoms with van der Waals surface area (Å²) in [6.45, 7) is 7.11. The molecule has 0 aromatic heterocycles. The molecule has 1 heterocycles. The Morgan fingerprint density at radius 1 is 1.02 bits per heavy atom. The largest absolute Gasteiger partial charge is 0.497 e. The average Bonchev–Trinajstić information content (AvgIpc) is 3.05. The number of nitrogens with one attached hydrogen (secondary N) is 3. The molecule has 2 aliphatic rings. The van der Waals surface area contributed by atoms with E-state index in [-0.39, 0.29) is 37.6 Å². The molecular weight excluding hydrogens is 586 g/mol. The molecule has 0 bridgehead atoms. The van der Waals surface area contributed by atoms with Gasteiger partial charge in [-0.15, -0.1) is 0 Å². The van der Waals surface area contributed by atoms with Gasteiger partial charge in [0.2, 0.25) is 17.7 Å². The van der Waals surface area contributed by atoms with E-state index in [1.54, 1.807) is 38.4 Å². The van der Waals surface area contributed by atoms with Crippen LogP contribution in [0.4, 0.5) is 0 Å². The molecule has 46 heavy (non-hydrogen) atoms. The number of carbonyl (C=O) groups excluding carboxylic acids is 4. The van der Waals surface area contributed by atoms with Crippen LogP contribution in [0, 0.1) is 5.41 Å². The van der Waals surface area contributed by atoms with Crippen molar-refractivity contribution in [2.24, 2.45) is 5.41 Å². The standard InChI is InChI=1S/C35H47N5O6/c1-23(36-5)32(42)38-31(35(2,3)4)33(43)37-20-30(41)40-17-16-39(27-14-12-25-13-15-28(45-6)19-26(25)18-27)34(44)29(40)22-46-21-24-10-8-7-9-11-24/h7-11,13,15-17,19,23,27,29,31,36H,12,14,18,20-22H2,1-6H3,(H,37,43)(H,38,42)/t23-,27?,29-,31+/m0/s1. The lowest BCUT2D eigenvalue weighted by atomic mass is 9.86. The molecule has 1 aliphatic heterocycles. The van der Waals surface area contributed by atoms with Gasteiger partial charge in [0, 0.05) is 18.4 Å². The molecule has 1 unspecified atom stereocenters. The van der Waals surface area contributed by atoms with E-state index >= 15 is 0 Å². The first-order chi connectivity index (χ1) is 21.9. The maximum atomic E-state index is 14.0. The van der Waals surface area contributed by atoms with E-state index in [0.717, 1.165) is 29.7 Å². The molecule has 4 amide bonds. The lowest BCUT2D eigenvalue weighted by Crippen LogP contribution is -2.59. The van der Waals surface area contributed by atoms with Gasteiger partial charge in [-0.05, 0) is 67.5 Å². The number of rotatable bonds is 12. The third-order valence-corrected chi connectivity index (χ3v) is 8.60. The minimum Gasteiger partial charge on any atom is -0.497 e. The smallest absolute Gasteiger partial charge is 0.252 e. The van der Waals surface area contributed by atoms with Crippen LogP contribution >= 0.6 is 0 Å². The van der Waals surface area contributed by atoms with Crippen LogP contribution in [0.3, 0.4) is 0 Å². The van der Waals surface area contributed by atoms with Crippen LogP contribution in [0.15, 0.2) is 60.9 Å². The van der Waals surface area contributed by atoms with E-state index in [1.807, 2.05) is 63.2 Å². The second-order valence-corrected chi connectivity index (χ2v) is 12.9. The molecular formula is C35H47N5O6. The second kappa shape index (κ2) is 15.4.